The van der Waals surface area contributed by atoms with Crippen LogP contribution in [0.1, 0.15) is 31.7 Å². The Kier molecular flexibility index (Phi) is 5.00. The van der Waals surface area contributed by atoms with Gasteiger partial charge in [-0.25, -0.2) is 0 Å². The number of hydrogen-bond donors (Lipinski definition) is 2. The van der Waals surface area contributed by atoms with E-state index in [1.807, 2.05) is 11.6 Å². The Hall–Kier alpha value is -0.430. The Balaban J connectivity index is 2.18. The van der Waals surface area contributed by atoms with Gasteiger partial charge >= 0.3 is 0 Å². The summed E-state index contributed by atoms with van der Waals surface area (Å²) in [6.07, 6.45) is 2.19. The molecule has 6 heteroatoms. The molecule has 1 aromatic heterocycles. The van der Waals surface area contributed by atoms with Crippen molar-refractivity contribution in [2.24, 2.45) is 11.8 Å². The van der Waals surface area contributed by atoms with E-state index in [-0.39, 0.29) is 12.1 Å². The van der Waals surface area contributed by atoms with Crippen LogP contribution in [0.2, 0.25) is 0 Å². The maximum absolute atomic E-state index is 5.76. The summed E-state index contributed by atoms with van der Waals surface area (Å²) in [5, 5.41) is 4.53. The number of nitrogens with one attached hydrogen (secondary N) is 1. The Morgan fingerprint density at radius 1 is 1.63 bits per heavy atom. The number of halogens is 1. The number of hydrazine groups is 1. The molecule has 0 aliphatic carbocycles. The van der Waals surface area contributed by atoms with Gasteiger partial charge in [0, 0.05) is 31.5 Å². The largest absolute Gasteiger partial charge is 0.378 e. The number of hydrogen-bond acceptors (Lipinski definition) is 4. The van der Waals surface area contributed by atoms with Gasteiger partial charge < -0.3 is 4.74 Å². The minimum Gasteiger partial charge on any atom is -0.378 e. The molecule has 1 aliphatic rings. The lowest BCUT2D eigenvalue weighted by Gasteiger charge is -2.25. The van der Waals surface area contributed by atoms with Crippen molar-refractivity contribution in [3.05, 3.63) is 15.9 Å². The highest BCUT2D eigenvalue weighted by molar-refractivity contribution is 9.10. The Morgan fingerprint density at radius 3 is 2.89 bits per heavy atom. The fourth-order valence-electron chi connectivity index (χ4n) is 2.88. The number of ether oxygens (including phenoxy) is 1. The topological polar surface area (TPSA) is 65.1 Å². The molecule has 0 aromatic carbocycles. The fourth-order valence-corrected chi connectivity index (χ4v) is 3.33. The van der Waals surface area contributed by atoms with E-state index in [4.69, 9.17) is 10.6 Å². The van der Waals surface area contributed by atoms with Crippen molar-refractivity contribution in [2.75, 3.05) is 6.61 Å². The third kappa shape index (κ3) is 3.02. The van der Waals surface area contributed by atoms with Crippen LogP contribution in [0.25, 0.3) is 0 Å². The fraction of sp³-hybridized carbons (Fsp3) is 0.769. The third-order valence-electron chi connectivity index (χ3n) is 4.03. The van der Waals surface area contributed by atoms with E-state index in [0.717, 1.165) is 36.2 Å². The number of nitrogens with two attached hydrogens (primary N) is 1. The predicted octanol–water partition coefficient (Wildman–Crippen LogP) is 1.77. The maximum atomic E-state index is 5.76. The number of aryl methyl sites for hydroxylation is 2. The number of nitrogens with zero attached hydrogens (tertiary/aromatic N) is 2. The summed E-state index contributed by atoms with van der Waals surface area (Å²) in [5.74, 6) is 6.22. The van der Waals surface area contributed by atoms with Crippen LogP contribution in [0.3, 0.4) is 0 Å². The Morgan fingerprint density at radius 2 is 2.37 bits per heavy atom. The molecule has 2 heterocycles. The minimum absolute atomic E-state index is 0.218. The van der Waals surface area contributed by atoms with Crippen molar-refractivity contribution >= 4 is 15.9 Å². The third-order valence-corrected chi connectivity index (χ3v) is 5.06. The predicted molar refractivity (Wildman–Crippen MR) is 78.7 cm³/mol. The van der Waals surface area contributed by atoms with E-state index in [1.165, 1.54) is 5.69 Å². The number of aromatic nitrogens is 2. The maximum Gasteiger partial charge on any atom is 0.0738 e. The Bertz CT molecular complexity index is 435. The van der Waals surface area contributed by atoms with Crippen LogP contribution >= 0.6 is 15.9 Å². The Labute approximate surface area is 123 Å². The lowest BCUT2D eigenvalue weighted by Crippen LogP contribution is -2.45. The minimum atomic E-state index is 0.218. The molecule has 1 aliphatic heterocycles. The van der Waals surface area contributed by atoms with Gasteiger partial charge in [-0.15, -0.1) is 0 Å². The van der Waals surface area contributed by atoms with Crippen molar-refractivity contribution in [1.29, 1.82) is 0 Å². The summed E-state index contributed by atoms with van der Waals surface area (Å²) in [4.78, 5) is 0. The van der Waals surface area contributed by atoms with Crippen molar-refractivity contribution < 1.29 is 4.74 Å². The molecule has 1 saturated heterocycles. The van der Waals surface area contributed by atoms with Crippen molar-refractivity contribution in [3.8, 4) is 0 Å². The lowest BCUT2D eigenvalue weighted by molar-refractivity contribution is 0.0951. The normalized spacial score (nSPS) is 24.9. The number of rotatable bonds is 5. The molecular formula is C13H23BrN4O. The van der Waals surface area contributed by atoms with Crippen molar-refractivity contribution in [3.63, 3.8) is 0 Å². The van der Waals surface area contributed by atoms with Gasteiger partial charge in [0.25, 0.3) is 0 Å². The molecule has 108 valence electrons. The highest BCUT2D eigenvalue weighted by Gasteiger charge is 2.32. The molecule has 0 bridgehead atoms. The summed E-state index contributed by atoms with van der Waals surface area (Å²) in [6, 6.07) is 0.218. The van der Waals surface area contributed by atoms with Crippen LogP contribution in [-0.4, -0.2) is 28.5 Å². The van der Waals surface area contributed by atoms with Crippen LogP contribution < -0.4 is 11.3 Å². The highest BCUT2D eigenvalue weighted by Crippen LogP contribution is 2.28. The molecule has 2 rings (SSSR count). The molecule has 0 radical (unpaired) electrons. The van der Waals surface area contributed by atoms with Crippen molar-refractivity contribution in [2.45, 2.75) is 52.3 Å². The van der Waals surface area contributed by atoms with Crippen LogP contribution in [0.15, 0.2) is 4.47 Å². The van der Waals surface area contributed by atoms with Gasteiger partial charge in [-0.2, -0.15) is 5.10 Å². The average Bonchev–Trinajstić information content (AvgIpc) is 2.93. The van der Waals surface area contributed by atoms with E-state index in [2.05, 4.69) is 40.3 Å². The first-order chi connectivity index (χ1) is 9.08. The van der Waals surface area contributed by atoms with Gasteiger partial charge in [0.2, 0.25) is 0 Å². The molecule has 19 heavy (non-hydrogen) atoms. The van der Waals surface area contributed by atoms with E-state index < -0.39 is 0 Å². The highest BCUT2D eigenvalue weighted by atomic mass is 79.9. The van der Waals surface area contributed by atoms with E-state index in [0.29, 0.717) is 5.92 Å². The molecule has 3 unspecified atom stereocenters. The molecule has 0 amide bonds. The SMILES string of the molecule is CCn1nc(C)c(Br)c1CC(NN)C1CCOC1C. The summed E-state index contributed by atoms with van der Waals surface area (Å²) < 4.78 is 8.79. The smallest absolute Gasteiger partial charge is 0.0738 e. The molecule has 1 fully saturated rings. The monoisotopic (exact) mass is 330 g/mol. The second-order valence-electron chi connectivity index (χ2n) is 5.17. The first kappa shape index (κ1) is 15.0. The lowest BCUT2D eigenvalue weighted by atomic mass is 9.90. The van der Waals surface area contributed by atoms with Crippen LogP contribution in [0.4, 0.5) is 0 Å². The van der Waals surface area contributed by atoms with Crippen molar-refractivity contribution in [1.82, 2.24) is 15.2 Å². The van der Waals surface area contributed by atoms with E-state index in [9.17, 15) is 0 Å². The zero-order valence-electron chi connectivity index (χ0n) is 11.8. The summed E-state index contributed by atoms with van der Waals surface area (Å²) >= 11 is 3.64. The quantitative estimate of drug-likeness (QED) is 0.638. The molecule has 1 aromatic rings. The summed E-state index contributed by atoms with van der Waals surface area (Å²) in [7, 11) is 0. The molecule has 3 N–H and O–H groups in total. The second-order valence-corrected chi connectivity index (χ2v) is 5.96. The van der Waals surface area contributed by atoms with Gasteiger partial charge in [0.05, 0.1) is 22.0 Å². The van der Waals surface area contributed by atoms with Gasteiger partial charge in [-0.3, -0.25) is 16.0 Å². The van der Waals surface area contributed by atoms with Crippen LogP contribution in [0.5, 0.6) is 0 Å². The molecule has 0 saturated carbocycles. The average molecular weight is 331 g/mol. The van der Waals surface area contributed by atoms with Crippen LogP contribution in [0, 0.1) is 12.8 Å². The van der Waals surface area contributed by atoms with Crippen LogP contribution in [-0.2, 0) is 17.7 Å². The standard InChI is InChI=1S/C13H23BrN4O/c1-4-18-12(13(14)8(2)17-18)7-11(16-15)10-5-6-19-9(10)3/h9-11,16H,4-7,15H2,1-3H3. The zero-order valence-corrected chi connectivity index (χ0v) is 13.4. The molecular weight excluding hydrogens is 308 g/mol. The van der Waals surface area contributed by atoms with Gasteiger partial charge in [-0.1, -0.05) is 0 Å². The van der Waals surface area contributed by atoms with E-state index in [1.54, 1.807) is 0 Å². The molecule has 0 spiro atoms. The summed E-state index contributed by atoms with van der Waals surface area (Å²) in [5.41, 5.74) is 5.21. The van der Waals surface area contributed by atoms with Gasteiger partial charge in [0.1, 0.15) is 0 Å². The summed E-state index contributed by atoms with van der Waals surface area (Å²) in [6.45, 7) is 7.95. The first-order valence-corrected chi connectivity index (χ1v) is 7.67. The zero-order chi connectivity index (χ0) is 14.0. The first-order valence-electron chi connectivity index (χ1n) is 6.88. The van der Waals surface area contributed by atoms with E-state index >= 15 is 0 Å². The van der Waals surface area contributed by atoms with Gasteiger partial charge in [-0.05, 0) is 43.1 Å². The molecule has 5 nitrogen and oxygen atoms in total. The second kappa shape index (κ2) is 6.35. The van der Waals surface area contributed by atoms with Gasteiger partial charge in [0.15, 0.2) is 0 Å². The molecule has 3 atom stereocenters.